The van der Waals surface area contributed by atoms with Crippen LogP contribution < -0.4 is 0 Å². The molecule has 0 radical (unpaired) electrons. The van der Waals surface area contributed by atoms with Gasteiger partial charge >= 0.3 is 0 Å². The van der Waals surface area contributed by atoms with E-state index in [1.165, 1.54) is 6.42 Å². The van der Waals surface area contributed by atoms with Gasteiger partial charge in [-0.3, -0.25) is 0 Å². The lowest BCUT2D eigenvalue weighted by atomic mass is 9.90. The molecule has 0 spiro atoms. The van der Waals surface area contributed by atoms with Crippen molar-refractivity contribution in [2.75, 3.05) is 0 Å². The minimum absolute atomic E-state index is 0.328. The molecular formula is C8H9NO. The van der Waals surface area contributed by atoms with Gasteiger partial charge < -0.3 is 4.74 Å². The molecule has 0 aromatic carbocycles. The summed E-state index contributed by atoms with van der Waals surface area (Å²) < 4.78 is 5.42. The van der Waals surface area contributed by atoms with E-state index in [0.29, 0.717) is 24.0 Å². The fourth-order valence-corrected chi connectivity index (χ4v) is 2.75. The van der Waals surface area contributed by atoms with Crippen molar-refractivity contribution in [3.63, 3.8) is 0 Å². The van der Waals surface area contributed by atoms with Gasteiger partial charge in [-0.1, -0.05) is 0 Å². The Balaban J connectivity index is 1.93. The quantitative estimate of drug-likeness (QED) is 0.463. The molecule has 2 aliphatic carbocycles. The predicted molar refractivity (Wildman–Crippen MR) is 34.0 cm³/mol. The first-order valence-electron chi connectivity index (χ1n) is 3.95. The van der Waals surface area contributed by atoms with Gasteiger partial charge in [0.05, 0.1) is 24.2 Å². The van der Waals surface area contributed by atoms with Crippen molar-refractivity contribution in [2.45, 2.75) is 25.0 Å². The summed E-state index contributed by atoms with van der Waals surface area (Å²) in [6.07, 6.45) is 3.47. The summed E-state index contributed by atoms with van der Waals surface area (Å²) >= 11 is 0. The molecule has 2 saturated carbocycles. The van der Waals surface area contributed by atoms with Gasteiger partial charge in [0.2, 0.25) is 0 Å². The smallest absolute Gasteiger partial charge is 0.0885 e. The van der Waals surface area contributed by atoms with Crippen molar-refractivity contribution in [1.29, 1.82) is 5.26 Å². The Kier molecular flexibility index (Phi) is 0.709. The molecule has 3 fully saturated rings. The SMILES string of the molecule is N#C[C@@H]1C[C@H]2C[C@H]1[C@H]1O[C@H]21. The van der Waals surface area contributed by atoms with Gasteiger partial charge in [-0.25, -0.2) is 0 Å². The molecule has 0 aromatic rings. The van der Waals surface area contributed by atoms with E-state index in [2.05, 4.69) is 6.07 Å². The van der Waals surface area contributed by atoms with Crippen LogP contribution in [0.3, 0.4) is 0 Å². The summed E-state index contributed by atoms with van der Waals surface area (Å²) in [5.74, 6) is 1.69. The molecule has 2 bridgehead atoms. The Morgan fingerprint density at radius 2 is 2.20 bits per heavy atom. The third-order valence-corrected chi connectivity index (χ3v) is 3.26. The lowest BCUT2D eigenvalue weighted by Gasteiger charge is -2.09. The van der Waals surface area contributed by atoms with Crippen molar-refractivity contribution in [2.24, 2.45) is 17.8 Å². The number of nitriles is 1. The second-order valence-electron chi connectivity index (χ2n) is 3.70. The summed E-state index contributed by atoms with van der Waals surface area (Å²) in [4.78, 5) is 0. The summed E-state index contributed by atoms with van der Waals surface area (Å²) in [6.45, 7) is 0. The lowest BCUT2D eigenvalue weighted by Crippen LogP contribution is -2.15. The Morgan fingerprint density at radius 1 is 1.30 bits per heavy atom. The molecule has 10 heavy (non-hydrogen) atoms. The molecule has 1 saturated heterocycles. The molecule has 52 valence electrons. The zero-order valence-electron chi connectivity index (χ0n) is 5.66. The highest BCUT2D eigenvalue weighted by Gasteiger charge is 2.63. The predicted octanol–water partition coefficient (Wildman–Crippen LogP) is 0.933. The van der Waals surface area contributed by atoms with E-state index in [9.17, 15) is 0 Å². The number of fused-ring (bicyclic) bond motifs is 5. The molecule has 0 aromatic heterocycles. The zero-order chi connectivity index (χ0) is 6.72. The largest absolute Gasteiger partial charge is 0.369 e. The van der Waals surface area contributed by atoms with Crippen LogP contribution in [0.5, 0.6) is 0 Å². The maximum atomic E-state index is 8.72. The van der Waals surface area contributed by atoms with Gasteiger partial charge in [0, 0.05) is 5.92 Å². The average molecular weight is 135 g/mol. The van der Waals surface area contributed by atoms with E-state index in [4.69, 9.17) is 10.00 Å². The molecule has 3 rings (SSSR count). The van der Waals surface area contributed by atoms with Crippen LogP contribution in [0.15, 0.2) is 0 Å². The number of hydrogen-bond donors (Lipinski definition) is 0. The van der Waals surface area contributed by atoms with E-state index in [-0.39, 0.29) is 0 Å². The van der Waals surface area contributed by atoms with Gasteiger partial charge in [-0.15, -0.1) is 0 Å². The van der Waals surface area contributed by atoms with Gasteiger partial charge in [0.25, 0.3) is 0 Å². The second-order valence-corrected chi connectivity index (χ2v) is 3.70. The lowest BCUT2D eigenvalue weighted by molar-refractivity contribution is 0.259. The third-order valence-electron chi connectivity index (χ3n) is 3.26. The fourth-order valence-electron chi connectivity index (χ4n) is 2.75. The van der Waals surface area contributed by atoms with Gasteiger partial charge in [-0.2, -0.15) is 5.26 Å². The minimum Gasteiger partial charge on any atom is -0.369 e. The van der Waals surface area contributed by atoms with Gasteiger partial charge in [0.15, 0.2) is 0 Å². The highest BCUT2D eigenvalue weighted by Crippen LogP contribution is 2.58. The number of ether oxygens (including phenoxy) is 1. The van der Waals surface area contributed by atoms with Crippen molar-refractivity contribution in [3.8, 4) is 6.07 Å². The maximum absolute atomic E-state index is 8.72. The monoisotopic (exact) mass is 135 g/mol. The molecule has 2 nitrogen and oxygen atoms in total. The van der Waals surface area contributed by atoms with Crippen molar-refractivity contribution in [3.05, 3.63) is 0 Å². The van der Waals surface area contributed by atoms with Crippen LogP contribution in [0.1, 0.15) is 12.8 Å². The molecule has 2 heteroatoms. The molecule has 1 heterocycles. The molecule has 0 unspecified atom stereocenters. The van der Waals surface area contributed by atoms with E-state index >= 15 is 0 Å². The Hall–Kier alpha value is -0.550. The van der Waals surface area contributed by atoms with E-state index in [1.807, 2.05) is 0 Å². The Bertz CT molecular complexity index is 220. The van der Waals surface area contributed by atoms with Crippen LogP contribution in [-0.2, 0) is 4.74 Å². The van der Waals surface area contributed by atoms with Crippen LogP contribution in [0.2, 0.25) is 0 Å². The number of nitrogens with zero attached hydrogens (tertiary/aromatic N) is 1. The molecular weight excluding hydrogens is 126 g/mol. The molecule has 0 amide bonds. The highest BCUT2D eigenvalue weighted by atomic mass is 16.6. The Morgan fingerprint density at radius 3 is 2.80 bits per heavy atom. The highest BCUT2D eigenvalue weighted by molar-refractivity contribution is 5.14. The number of hydrogen-bond acceptors (Lipinski definition) is 2. The third kappa shape index (κ3) is 0.411. The second kappa shape index (κ2) is 1.38. The van der Waals surface area contributed by atoms with E-state index in [1.54, 1.807) is 0 Å². The Labute approximate surface area is 59.8 Å². The zero-order valence-corrected chi connectivity index (χ0v) is 5.66. The maximum Gasteiger partial charge on any atom is 0.0885 e. The van der Waals surface area contributed by atoms with Crippen molar-refractivity contribution >= 4 is 0 Å². The summed E-state index contributed by atoms with van der Waals surface area (Å²) in [7, 11) is 0. The van der Waals surface area contributed by atoms with Gasteiger partial charge in [0.1, 0.15) is 0 Å². The molecule has 1 aliphatic heterocycles. The summed E-state index contributed by atoms with van der Waals surface area (Å²) in [6, 6.07) is 2.37. The first-order valence-corrected chi connectivity index (χ1v) is 3.95. The van der Waals surface area contributed by atoms with E-state index < -0.39 is 0 Å². The molecule has 0 N–H and O–H groups in total. The topological polar surface area (TPSA) is 36.3 Å². The number of rotatable bonds is 0. The standard InChI is InChI=1S/C8H9NO/c9-3-5-1-4-2-6(5)8-7(4)10-8/h4-8H,1-2H2/t4-,5-,6+,7+,8+/m0/s1. The minimum atomic E-state index is 0.328. The normalized spacial score (nSPS) is 61.7. The van der Waals surface area contributed by atoms with Crippen molar-refractivity contribution in [1.82, 2.24) is 0 Å². The van der Waals surface area contributed by atoms with Crippen LogP contribution in [0.25, 0.3) is 0 Å². The average Bonchev–Trinajstić information content (AvgIpc) is 2.58. The van der Waals surface area contributed by atoms with Gasteiger partial charge in [-0.05, 0) is 18.8 Å². The summed E-state index contributed by atoms with van der Waals surface area (Å²) in [5.41, 5.74) is 0. The summed E-state index contributed by atoms with van der Waals surface area (Å²) in [5, 5.41) is 8.72. The first kappa shape index (κ1) is 5.15. The van der Waals surface area contributed by atoms with Crippen LogP contribution in [0.4, 0.5) is 0 Å². The van der Waals surface area contributed by atoms with Crippen molar-refractivity contribution < 1.29 is 4.74 Å². The fraction of sp³-hybridized carbons (Fsp3) is 0.875. The van der Waals surface area contributed by atoms with Crippen LogP contribution in [0, 0.1) is 29.1 Å². The number of epoxide rings is 1. The first-order chi connectivity index (χ1) is 4.90. The van der Waals surface area contributed by atoms with Crippen LogP contribution in [-0.4, -0.2) is 12.2 Å². The molecule has 5 atom stereocenters. The van der Waals surface area contributed by atoms with Crippen LogP contribution >= 0.6 is 0 Å². The van der Waals surface area contributed by atoms with E-state index in [0.717, 1.165) is 12.3 Å². The molecule has 3 aliphatic rings.